The summed E-state index contributed by atoms with van der Waals surface area (Å²) in [6.45, 7) is -0.297. The van der Waals surface area contributed by atoms with Gasteiger partial charge >= 0.3 is 6.09 Å². The summed E-state index contributed by atoms with van der Waals surface area (Å²) >= 11 is 0. The predicted molar refractivity (Wildman–Crippen MR) is 33.2 cm³/mol. The van der Waals surface area contributed by atoms with Crippen molar-refractivity contribution in [2.24, 2.45) is 0 Å². The SMILES string of the molecule is CS(=O)(=O)CCOC([N])=O. The molecule has 0 aromatic carbocycles. The Bertz CT molecular complexity index is 207. The van der Waals surface area contributed by atoms with Crippen LogP contribution in [0.5, 0.6) is 0 Å². The number of carbonyl (C=O) groups is 1. The van der Waals surface area contributed by atoms with E-state index in [2.05, 4.69) is 4.74 Å². The van der Waals surface area contributed by atoms with Gasteiger partial charge in [0.25, 0.3) is 0 Å². The zero-order valence-electron chi connectivity index (χ0n) is 5.40. The Morgan fingerprint density at radius 1 is 1.60 bits per heavy atom. The van der Waals surface area contributed by atoms with Crippen molar-refractivity contribution in [1.82, 2.24) is 5.73 Å². The predicted octanol–water partition coefficient (Wildman–Crippen LogP) is -0.764. The summed E-state index contributed by atoms with van der Waals surface area (Å²) in [4.78, 5) is 9.67. The summed E-state index contributed by atoms with van der Waals surface area (Å²) in [6, 6.07) is 0. The number of sulfone groups is 1. The highest BCUT2D eigenvalue weighted by Gasteiger charge is 2.03. The van der Waals surface area contributed by atoms with Crippen molar-refractivity contribution in [2.75, 3.05) is 18.6 Å². The summed E-state index contributed by atoms with van der Waals surface area (Å²) < 4.78 is 24.6. The number of amides is 1. The van der Waals surface area contributed by atoms with Gasteiger partial charge in [0.15, 0.2) is 9.84 Å². The van der Waals surface area contributed by atoms with Crippen molar-refractivity contribution in [3.8, 4) is 0 Å². The Hall–Kier alpha value is -0.780. The third-order valence-electron chi connectivity index (χ3n) is 0.680. The van der Waals surface area contributed by atoms with Gasteiger partial charge in [-0.05, 0) is 0 Å². The second kappa shape index (κ2) is 3.40. The maximum Gasteiger partial charge on any atom is 0.452 e. The Morgan fingerprint density at radius 3 is 2.40 bits per heavy atom. The minimum absolute atomic E-state index is 0.265. The van der Waals surface area contributed by atoms with E-state index in [0.29, 0.717) is 0 Å². The van der Waals surface area contributed by atoms with E-state index in [1.807, 2.05) is 0 Å². The summed E-state index contributed by atoms with van der Waals surface area (Å²) in [5.41, 5.74) is 7.89. The number of ether oxygens (including phenoxy) is 1. The van der Waals surface area contributed by atoms with Crippen LogP contribution in [0, 0.1) is 0 Å². The summed E-state index contributed by atoms with van der Waals surface area (Å²) in [6.07, 6.45) is -0.443. The fraction of sp³-hybridized carbons (Fsp3) is 0.750. The molecule has 0 bridgehead atoms. The standard InChI is InChI=1S/C4H7NO4S/c1-10(7,8)3-2-9-4(5)6/h2-3H2,1H3. The third-order valence-corrected chi connectivity index (χ3v) is 1.59. The molecule has 0 saturated carbocycles. The van der Waals surface area contributed by atoms with Crippen molar-refractivity contribution >= 4 is 15.9 Å². The first-order chi connectivity index (χ1) is 4.42. The van der Waals surface area contributed by atoms with Crippen molar-refractivity contribution in [1.29, 1.82) is 0 Å². The van der Waals surface area contributed by atoms with Crippen LogP contribution in [0.3, 0.4) is 0 Å². The molecule has 0 saturated heterocycles. The van der Waals surface area contributed by atoms with Gasteiger partial charge in [0, 0.05) is 6.26 Å². The van der Waals surface area contributed by atoms with E-state index in [1.165, 1.54) is 0 Å². The fourth-order valence-corrected chi connectivity index (χ4v) is 0.666. The first kappa shape index (κ1) is 9.22. The van der Waals surface area contributed by atoms with E-state index in [4.69, 9.17) is 5.73 Å². The number of hydrogen-bond acceptors (Lipinski definition) is 4. The molecule has 0 N–H and O–H groups in total. The topological polar surface area (TPSA) is 82.7 Å². The lowest BCUT2D eigenvalue weighted by atomic mass is 10.8. The van der Waals surface area contributed by atoms with Crippen LogP contribution >= 0.6 is 0 Å². The normalized spacial score (nSPS) is 10.9. The van der Waals surface area contributed by atoms with Crippen LogP contribution in [0.1, 0.15) is 0 Å². The minimum Gasteiger partial charge on any atom is -0.446 e. The lowest BCUT2D eigenvalue weighted by molar-refractivity contribution is 0.162. The van der Waals surface area contributed by atoms with Gasteiger partial charge in [-0.3, -0.25) is 0 Å². The van der Waals surface area contributed by atoms with Crippen molar-refractivity contribution < 1.29 is 17.9 Å². The number of hydrogen-bond donors (Lipinski definition) is 0. The molecule has 1 amide bonds. The molecule has 0 unspecified atom stereocenters. The molecule has 0 rings (SSSR count). The van der Waals surface area contributed by atoms with E-state index in [-0.39, 0.29) is 12.4 Å². The second-order valence-corrected chi connectivity index (χ2v) is 4.00. The van der Waals surface area contributed by atoms with Crippen LogP contribution in [-0.2, 0) is 14.6 Å². The van der Waals surface area contributed by atoms with Gasteiger partial charge in [-0.25, -0.2) is 13.2 Å². The number of nitrogens with zero attached hydrogens (tertiary/aromatic N) is 1. The maximum absolute atomic E-state index is 10.3. The van der Waals surface area contributed by atoms with Crippen LogP contribution in [-0.4, -0.2) is 33.1 Å². The Kier molecular flexibility index (Phi) is 3.14. The largest absolute Gasteiger partial charge is 0.452 e. The highest BCUT2D eigenvalue weighted by Crippen LogP contribution is 1.83. The van der Waals surface area contributed by atoms with E-state index in [0.717, 1.165) is 6.26 Å². The van der Waals surface area contributed by atoms with Gasteiger partial charge in [0.1, 0.15) is 6.61 Å². The van der Waals surface area contributed by atoms with Gasteiger partial charge in [0.2, 0.25) is 0 Å². The molecule has 6 heteroatoms. The zero-order valence-corrected chi connectivity index (χ0v) is 6.22. The molecule has 0 spiro atoms. The average Bonchev–Trinajstić information content (AvgIpc) is 1.59. The number of carbonyl (C=O) groups excluding carboxylic acids is 1. The van der Waals surface area contributed by atoms with Crippen LogP contribution < -0.4 is 5.73 Å². The zero-order chi connectivity index (χ0) is 8.20. The molecule has 5 nitrogen and oxygen atoms in total. The van der Waals surface area contributed by atoms with Crippen molar-refractivity contribution in [3.63, 3.8) is 0 Å². The lowest BCUT2D eigenvalue weighted by Crippen LogP contribution is -2.13. The molecule has 0 aliphatic rings. The average molecular weight is 165 g/mol. The molecule has 0 aliphatic carbocycles. The summed E-state index contributed by atoms with van der Waals surface area (Å²) in [5.74, 6) is -0.265. The molecule has 0 heterocycles. The molecule has 0 aromatic heterocycles. The summed E-state index contributed by atoms with van der Waals surface area (Å²) in [7, 11) is -3.11. The van der Waals surface area contributed by atoms with E-state index in [1.54, 1.807) is 0 Å². The molecular weight excluding hydrogens is 158 g/mol. The van der Waals surface area contributed by atoms with E-state index >= 15 is 0 Å². The Morgan fingerprint density at radius 2 is 2.10 bits per heavy atom. The fourth-order valence-electron chi connectivity index (χ4n) is 0.280. The molecule has 0 aliphatic heterocycles. The number of rotatable bonds is 3. The van der Waals surface area contributed by atoms with Crippen LogP contribution in [0.2, 0.25) is 0 Å². The first-order valence-electron chi connectivity index (χ1n) is 2.45. The minimum atomic E-state index is -3.11. The Labute approximate surface area is 59.1 Å². The summed E-state index contributed by atoms with van der Waals surface area (Å²) in [5, 5.41) is 0. The quantitative estimate of drug-likeness (QED) is 0.550. The molecule has 0 aromatic rings. The lowest BCUT2D eigenvalue weighted by Gasteiger charge is -1.96. The first-order valence-corrected chi connectivity index (χ1v) is 4.51. The van der Waals surface area contributed by atoms with Gasteiger partial charge in [-0.1, -0.05) is 5.73 Å². The van der Waals surface area contributed by atoms with Crippen LogP contribution in [0.25, 0.3) is 0 Å². The highest BCUT2D eigenvalue weighted by molar-refractivity contribution is 7.90. The highest BCUT2D eigenvalue weighted by atomic mass is 32.2. The molecule has 10 heavy (non-hydrogen) atoms. The Balaban J connectivity index is 3.49. The van der Waals surface area contributed by atoms with Gasteiger partial charge in [-0.15, -0.1) is 0 Å². The van der Waals surface area contributed by atoms with Crippen LogP contribution in [0.4, 0.5) is 4.79 Å². The molecule has 2 radical (unpaired) electrons. The van der Waals surface area contributed by atoms with Gasteiger partial charge in [-0.2, -0.15) is 0 Å². The van der Waals surface area contributed by atoms with Gasteiger partial charge in [0.05, 0.1) is 5.75 Å². The second-order valence-electron chi connectivity index (χ2n) is 1.74. The van der Waals surface area contributed by atoms with E-state index in [9.17, 15) is 13.2 Å². The molecule has 0 fully saturated rings. The smallest absolute Gasteiger partial charge is 0.446 e. The van der Waals surface area contributed by atoms with Gasteiger partial charge < -0.3 is 4.74 Å². The van der Waals surface area contributed by atoms with Crippen LogP contribution in [0.15, 0.2) is 0 Å². The van der Waals surface area contributed by atoms with Crippen molar-refractivity contribution in [2.45, 2.75) is 0 Å². The monoisotopic (exact) mass is 165 g/mol. The molecular formula is C4H7NO4S. The third kappa shape index (κ3) is 7.22. The van der Waals surface area contributed by atoms with Crippen molar-refractivity contribution in [3.05, 3.63) is 0 Å². The maximum atomic E-state index is 10.3. The molecule has 58 valence electrons. The van der Waals surface area contributed by atoms with E-state index < -0.39 is 15.9 Å². The molecule has 0 atom stereocenters.